The van der Waals surface area contributed by atoms with E-state index in [0.29, 0.717) is 0 Å². The molecule has 1 aliphatic rings. The number of anilines is 1. The predicted molar refractivity (Wildman–Crippen MR) is 41.7 cm³/mol. The van der Waals surface area contributed by atoms with E-state index in [2.05, 4.69) is 4.98 Å². The maximum absolute atomic E-state index is 10.7. The Hall–Kier alpha value is -1.98. The molecule has 0 radical (unpaired) electrons. The number of ether oxygens (including phenoxy) is 2. The number of nitrogens with two attached hydrogens (primary N) is 1. The number of fused-ring (bicyclic) bond motifs is 1. The van der Waals surface area contributed by atoms with Gasteiger partial charge in [-0.3, -0.25) is 0 Å². The van der Waals surface area contributed by atoms with Crippen LogP contribution in [-0.2, 0) is 0 Å². The smallest absolute Gasteiger partial charge is 0.341 e. The summed E-state index contributed by atoms with van der Waals surface area (Å²) in [7, 11) is 0. The molecule has 0 aromatic carbocycles. The topological polar surface area (TPSA) is 94.7 Å². The highest BCUT2D eigenvalue weighted by molar-refractivity contribution is 5.97. The molecule has 6 heteroatoms. The molecule has 1 aromatic heterocycles. The molecule has 2 rings (SSSR count). The summed E-state index contributed by atoms with van der Waals surface area (Å²) in [5, 5.41) is 8.79. The van der Waals surface area contributed by atoms with Gasteiger partial charge in [-0.1, -0.05) is 0 Å². The van der Waals surface area contributed by atoms with Crippen molar-refractivity contribution in [3.8, 4) is 11.6 Å². The van der Waals surface area contributed by atoms with E-state index in [1.807, 2.05) is 0 Å². The van der Waals surface area contributed by atoms with Crippen LogP contribution in [0.1, 0.15) is 10.4 Å². The number of nitrogen functional groups attached to an aromatic ring is 1. The van der Waals surface area contributed by atoms with E-state index in [9.17, 15) is 4.79 Å². The molecule has 0 atom stereocenters. The van der Waals surface area contributed by atoms with Gasteiger partial charge in [0.05, 0.1) is 11.9 Å². The molecule has 1 aliphatic heterocycles. The number of carbonyl (C=O) groups is 1. The second-order valence-corrected chi connectivity index (χ2v) is 2.43. The fraction of sp³-hybridized carbons (Fsp3) is 0.143. The van der Waals surface area contributed by atoms with Crippen LogP contribution in [-0.4, -0.2) is 22.9 Å². The van der Waals surface area contributed by atoms with Crippen molar-refractivity contribution in [3.63, 3.8) is 0 Å². The molecule has 1 aromatic rings. The third-order valence-corrected chi connectivity index (χ3v) is 1.64. The van der Waals surface area contributed by atoms with Gasteiger partial charge in [0.1, 0.15) is 5.56 Å². The largest absolute Gasteiger partial charge is 0.477 e. The molecule has 0 aliphatic carbocycles. The van der Waals surface area contributed by atoms with Gasteiger partial charge >= 0.3 is 5.97 Å². The van der Waals surface area contributed by atoms with Gasteiger partial charge < -0.3 is 20.3 Å². The maximum Gasteiger partial charge on any atom is 0.341 e. The fourth-order valence-electron chi connectivity index (χ4n) is 1.09. The van der Waals surface area contributed by atoms with E-state index in [0.717, 1.165) is 0 Å². The molecule has 13 heavy (non-hydrogen) atoms. The minimum Gasteiger partial charge on any atom is -0.477 e. The lowest BCUT2D eigenvalue weighted by Crippen LogP contribution is -2.04. The van der Waals surface area contributed by atoms with Gasteiger partial charge in [0.15, 0.2) is 0 Å². The summed E-state index contributed by atoms with van der Waals surface area (Å²) in [6.07, 6.45) is 1.23. The summed E-state index contributed by atoms with van der Waals surface area (Å²) in [6.45, 7) is -0.0218. The van der Waals surface area contributed by atoms with Gasteiger partial charge in [-0.15, -0.1) is 0 Å². The molecule has 2 heterocycles. The molecule has 0 unspecified atom stereocenters. The summed E-state index contributed by atoms with van der Waals surface area (Å²) in [6, 6.07) is 0. The Balaban J connectivity index is 2.65. The third-order valence-electron chi connectivity index (χ3n) is 1.64. The van der Waals surface area contributed by atoms with Crippen LogP contribution in [0.25, 0.3) is 0 Å². The minimum absolute atomic E-state index is 0.0218. The second kappa shape index (κ2) is 2.51. The molecule has 0 saturated carbocycles. The van der Waals surface area contributed by atoms with Gasteiger partial charge in [-0.25, -0.2) is 9.78 Å². The van der Waals surface area contributed by atoms with Crippen molar-refractivity contribution in [1.82, 2.24) is 4.98 Å². The minimum atomic E-state index is -1.15. The van der Waals surface area contributed by atoms with Crippen LogP contribution >= 0.6 is 0 Å². The first-order valence-corrected chi connectivity index (χ1v) is 3.47. The van der Waals surface area contributed by atoms with Gasteiger partial charge in [0.2, 0.25) is 12.5 Å². The Bertz CT molecular complexity index is 377. The first kappa shape index (κ1) is 7.66. The average Bonchev–Trinajstić information content (AvgIpc) is 2.50. The van der Waals surface area contributed by atoms with Gasteiger partial charge in [-0.05, 0) is 0 Å². The van der Waals surface area contributed by atoms with Crippen LogP contribution in [0.2, 0.25) is 0 Å². The van der Waals surface area contributed by atoms with Gasteiger partial charge in [-0.2, -0.15) is 0 Å². The lowest BCUT2D eigenvalue weighted by Gasteiger charge is -2.02. The highest BCUT2D eigenvalue weighted by Crippen LogP contribution is 2.36. The number of rotatable bonds is 1. The lowest BCUT2D eigenvalue weighted by atomic mass is 10.2. The van der Waals surface area contributed by atoms with Crippen molar-refractivity contribution < 1.29 is 19.4 Å². The zero-order valence-corrected chi connectivity index (χ0v) is 6.48. The number of nitrogens with zero attached hydrogens (tertiary/aromatic N) is 1. The van der Waals surface area contributed by atoms with E-state index in [-0.39, 0.29) is 29.7 Å². The van der Waals surface area contributed by atoms with Crippen molar-refractivity contribution in [1.29, 1.82) is 0 Å². The zero-order valence-electron chi connectivity index (χ0n) is 6.48. The van der Waals surface area contributed by atoms with E-state index in [1.165, 1.54) is 6.20 Å². The van der Waals surface area contributed by atoms with Crippen molar-refractivity contribution in [3.05, 3.63) is 11.8 Å². The van der Waals surface area contributed by atoms with Crippen molar-refractivity contribution in [2.75, 3.05) is 12.5 Å². The summed E-state index contributed by atoms with van der Waals surface area (Å²) in [5.74, 6) is -0.874. The monoisotopic (exact) mass is 182 g/mol. The number of carboxylic acid groups (broad SMARTS) is 1. The number of aromatic nitrogens is 1. The Morgan fingerprint density at radius 2 is 2.38 bits per heavy atom. The average molecular weight is 182 g/mol. The fourth-order valence-corrected chi connectivity index (χ4v) is 1.09. The molecule has 0 spiro atoms. The zero-order chi connectivity index (χ0) is 9.42. The summed E-state index contributed by atoms with van der Waals surface area (Å²) < 4.78 is 9.82. The number of carboxylic acids is 1. The number of aromatic carboxylic acids is 1. The molecule has 0 amide bonds. The summed E-state index contributed by atoms with van der Waals surface area (Å²) in [4.78, 5) is 14.5. The van der Waals surface area contributed by atoms with Crippen molar-refractivity contribution >= 4 is 11.7 Å². The van der Waals surface area contributed by atoms with Gasteiger partial charge in [0, 0.05) is 0 Å². The number of hydrogen-bond donors (Lipinski definition) is 2. The number of hydrogen-bond acceptors (Lipinski definition) is 5. The standard InChI is InChI=1S/C7H6N2O4/c8-3-1-9-6-5(12-2-13-6)4(3)7(10)11/h1H,2,8H2,(H,10,11). The Labute approximate surface area is 72.9 Å². The van der Waals surface area contributed by atoms with E-state index < -0.39 is 5.97 Å². The first-order valence-electron chi connectivity index (χ1n) is 3.47. The van der Waals surface area contributed by atoms with E-state index in [1.54, 1.807) is 0 Å². The maximum atomic E-state index is 10.7. The molecular weight excluding hydrogens is 176 g/mol. The Morgan fingerprint density at radius 3 is 3.08 bits per heavy atom. The van der Waals surface area contributed by atoms with Crippen LogP contribution in [0.5, 0.6) is 11.6 Å². The predicted octanol–water partition coefficient (Wildman–Crippen LogP) is 0.0907. The number of pyridine rings is 1. The lowest BCUT2D eigenvalue weighted by molar-refractivity contribution is 0.0693. The molecule has 3 N–H and O–H groups in total. The summed E-state index contributed by atoms with van der Waals surface area (Å²) in [5.41, 5.74) is 5.39. The summed E-state index contributed by atoms with van der Waals surface area (Å²) >= 11 is 0. The quantitative estimate of drug-likeness (QED) is 0.639. The highest BCUT2D eigenvalue weighted by atomic mass is 16.7. The van der Waals surface area contributed by atoms with Crippen LogP contribution in [0, 0.1) is 0 Å². The highest BCUT2D eigenvalue weighted by Gasteiger charge is 2.25. The van der Waals surface area contributed by atoms with Crippen molar-refractivity contribution in [2.45, 2.75) is 0 Å². The molecule has 68 valence electrons. The van der Waals surface area contributed by atoms with E-state index in [4.69, 9.17) is 20.3 Å². The van der Waals surface area contributed by atoms with Gasteiger partial charge in [0.25, 0.3) is 5.88 Å². The third kappa shape index (κ3) is 1.03. The Morgan fingerprint density at radius 1 is 1.62 bits per heavy atom. The van der Waals surface area contributed by atoms with Crippen LogP contribution in [0.3, 0.4) is 0 Å². The molecular formula is C7H6N2O4. The molecule has 0 bridgehead atoms. The second-order valence-electron chi connectivity index (χ2n) is 2.43. The normalized spacial score (nSPS) is 12.9. The van der Waals surface area contributed by atoms with Crippen LogP contribution in [0.4, 0.5) is 5.69 Å². The van der Waals surface area contributed by atoms with Crippen LogP contribution in [0.15, 0.2) is 6.20 Å². The van der Waals surface area contributed by atoms with E-state index >= 15 is 0 Å². The SMILES string of the molecule is Nc1cnc2c(c1C(=O)O)OCO2. The first-order chi connectivity index (χ1) is 6.20. The molecule has 0 fully saturated rings. The molecule has 0 saturated heterocycles. The Kier molecular flexibility index (Phi) is 1.48. The van der Waals surface area contributed by atoms with Crippen LogP contribution < -0.4 is 15.2 Å². The van der Waals surface area contributed by atoms with Crippen molar-refractivity contribution in [2.24, 2.45) is 0 Å². The molecule has 6 nitrogen and oxygen atoms in total.